The van der Waals surface area contributed by atoms with Crippen molar-refractivity contribution in [3.8, 4) is 0 Å². The van der Waals surface area contributed by atoms with Crippen LogP contribution in [0.5, 0.6) is 0 Å². The van der Waals surface area contributed by atoms with E-state index in [0.717, 1.165) is 18.5 Å². The molecule has 1 rings (SSSR count). The summed E-state index contributed by atoms with van der Waals surface area (Å²) in [5, 5.41) is 0. The third-order valence-corrected chi connectivity index (χ3v) is 2.82. The molecule has 0 bridgehead atoms. The van der Waals surface area contributed by atoms with Gasteiger partial charge in [0, 0.05) is 26.1 Å². The minimum absolute atomic E-state index is 0.0586. The predicted octanol–water partition coefficient (Wildman–Crippen LogP) is 2.23. The van der Waals surface area contributed by atoms with E-state index in [4.69, 9.17) is 4.74 Å². The van der Waals surface area contributed by atoms with Gasteiger partial charge in [0.05, 0.1) is 0 Å². The van der Waals surface area contributed by atoms with Crippen LogP contribution in [-0.2, 0) is 14.3 Å². The van der Waals surface area contributed by atoms with Gasteiger partial charge in [-0.15, -0.1) is 0 Å². The molecule has 1 heterocycles. The lowest BCUT2D eigenvalue weighted by Crippen LogP contribution is -2.33. The van der Waals surface area contributed by atoms with Crippen LogP contribution in [-0.4, -0.2) is 36.0 Å². The van der Waals surface area contributed by atoms with Crippen molar-refractivity contribution < 1.29 is 14.3 Å². The van der Waals surface area contributed by atoms with Gasteiger partial charge in [0.25, 0.3) is 0 Å². The highest BCUT2D eigenvalue weighted by molar-refractivity contribution is 5.83. The maximum absolute atomic E-state index is 11.5. The fraction of sp³-hybridized carbons (Fsp3) is 0.467. The maximum Gasteiger partial charge on any atom is 0.331 e. The molecule has 19 heavy (non-hydrogen) atoms. The van der Waals surface area contributed by atoms with E-state index in [9.17, 15) is 9.59 Å². The number of hydrogen-bond acceptors (Lipinski definition) is 3. The molecule has 104 valence electrons. The number of hydrogen-bond donors (Lipinski definition) is 0. The summed E-state index contributed by atoms with van der Waals surface area (Å²) in [5.74, 6) is -0.310. The topological polar surface area (TPSA) is 46.6 Å². The first-order chi connectivity index (χ1) is 9.02. The molecule has 0 fully saturated rings. The fourth-order valence-electron chi connectivity index (χ4n) is 1.87. The highest BCUT2D eigenvalue weighted by Crippen LogP contribution is 2.11. The van der Waals surface area contributed by atoms with E-state index in [2.05, 4.69) is 0 Å². The molecule has 1 unspecified atom stereocenters. The van der Waals surface area contributed by atoms with Crippen LogP contribution in [0.2, 0.25) is 0 Å². The monoisotopic (exact) mass is 263 g/mol. The van der Waals surface area contributed by atoms with Crippen LogP contribution in [0.4, 0.5) is 0 Å². The van der Waals surface area contributed by atoms with Crippen LogP contribution in [0.15, 0.2) is 36.0 Å². The Morgan fingerprint density at radius 2 is 2.21 bits per heavy atom. The number of rotatable bonds is 4. The Hall–Kier alpha value is -1.84. The van der Waals surface area contributed by atoms with Crippen LogP contribution in [0, 0.1) is 0 Å². The normalized spacial score (nSPS) is 17.6. The summed E-state index contributed by atoms with van der Waals surface area (Å²) in [6, 6.07) is 0. The average molecular weight is 263 g/mol. The first-order valence-corrected chi connectivity index (χ1v) is 6.49. The largest absolute Gasteiger partial charge is 0.455 e. The molecular formula is C15H21NO3. The van der Waals surface area contributed by atoms with Crippen LogP contribution >= 0.6 is 0 Å². The second-order valence-corrected chi connectivity index (χ2v) is 4.51. The first kappa shape index (κ1) is 15.2. The zero-order chi connectivity index (χ0) is 14.3. The summed E-state index contributed by atoms with van der Waals surface area (Å²) in [5.41, 5.74) is 0.970. The molecule has 0 aromatic carbocycles. The van der Waals surface area contributed by atoms with Crippen LogP contribution in [0.3, 0.4) is 0 Å². The van der Waals surface area contributed by atoms with E-state index in [1.165, 1.54) is 6.08 Å². The molecule has 0 aromatic heterocycles. The van der Waals surface area contributed by atoms with Gasteiger partial charge in [-0.3, -0.25) is 4.79 Å². The molecule has 1 aliphatic heterocycles. The zero-order valence-electron chi connectivity index (χ0n) is 11.8. The Labute approximate surface area is 114 Å². The Morgan fingerprint density at radius 1 is 1.47 bits per heavy atom. The number of amides is 1. The van der Waals surface area contributed by atoms with Gasteiger partial charge < -0.3 is 9.64 Å². The Bertz CT molecular complexity index is 421. The van der Waals surface area contributed by atoms with Crippen molar-refractivity contribution in [1.82, 2.24) is 4.90 Å². The molecule has 1 aliphatic rings. The Morgan fingerprint density at radius 3 is 2.84 bits per heavy atom. The summed E-state index contributed by atoms with van der Waals surface area (Å²) in [7, 11) is 0. The van der Waals surface area contributed by atoms with E-state index in [1.807, 2.05) is 32.1 Å². The Balaban J connectivity index is 2.50. The van der Waals surface area contributed by atoms with Crippen molar-refractivity contribution in [2.75, 3.05) is 13.1 Å². The SMILES string of the molecule is C/C=C/C(C)OC(=O)/C=C/C1=CCCN(C(C)=O)C1. The minimum atomic E-state index is -0.369. The second kappa shape index (κ2) is 7.56. The van der Waals surface area contributed by atoms with Crippen molar-refractivity contribution in [3.63, 3.8) is 0 Å². The highest BCUT2D eigenvalue weighted by atomic mass is 16.5. The van der Waals surface area contributed by atoms with E-state index >= 15 is 0 Å². The van der Waals surface area contributed by atoms with Crippen molar-refractivity contribution >= 4 is 11.9 Å². The van der Waals surface area contributed by atoms with E-state index in [0.29, 0.717) is 6.54 Å². The fourth-order valence-corrected chi connectivity index (χ4v) is 1.87. The van der Waals surface area contributed by atoms with Gasteiger partial charge in [0.2, 0.25) is 5.91 Å². The third-order valence-electron chi connectivity index (χ3n) is 2.82. The molecule has 4 heteroatoms. The lowest BCUT2D eigenvalue weighted by Gasteiger charge is -2.24. The zero-order valence-corrected chi connectivity index (χ0v) is 11.8. The predicted molar refractivity (Wildman–Crippen MR) is 74.5 cm³/mol. The second-order valence-electron chi connectivity index (χ2n) is 4.51. The van der Waals surface area contributed by atoms with Crippen LogP contribution in [0.1, 0.15) is 27.2 Å². The molecule has 0 saturated carbocycles. The average Bonchev–Trinajstić information content (AvgIpc) is 2.37. The number of ether oxygens (including phenoxy) is 1. The molecule has 0 radical (unpaired) electrons. The third kappa shape index (κ3) is 5.55. The van der Waals surface area contributed by atoms with Gasteiger partial charge in [0.15, 0.2) is 0 Å². The number of carbonyl (C=O) groups excluding carboxylic acids is 2. The van der Waals surface area contributed by atoms with E-state index < -0.39 is 0 Å². The smallest absolute Gasteiger partial charge is 0.331 e. The van der Waals surface area contributed by atoms with Crippen molar-refractivity contribution in [3.05, 3.63) is 36.0 Å². The summed E-state index contributed by atoms with van der Waals surface area (Å²) in [4.78, 5) is 24.6. The van der Waals surface area contributed by atoms with Crippen molar-refractivity contribution in [2.24, 2.45) is 0 Å². The van der Waals surface area contributed by atoms with Crippen LogP contribution < -0.4 is 0 Å². The molecule has 1 amide bonds. The standard InChI is InChI=1S/C15H21NO3/c1-4-6-12(2)19-15(18)9-8-14-7-5-10-16(11-14)13(3)17/h4,6-9,12H,5,10-11H2,1-3H3/b6-4+,9-8+. The summed E-state index contributed by atoms with van der Waals surface area (Å²) in [6.07, 6.45) is 9.42. The maximum atomic E-state index is 11.5. The van der Waals surface area contributed by atoms with Crippen molar-refractivity contribution in [2.45, 2.75) is 33.3 Å². The lowest BCUT2D eigenvalue weighted by molar-refractivity contribution is -0.140. The molecule has 0 N–H and O–H groups in total. The van der Waals surface area contributed by atoms with Gasteiger partial charge in [-0.25, -0.2) is 4.79 Å². The molecule has 0 spiro atoms. The summed E-state index contributed by atoms with van der Waals surface area (Å²) in [6.45, 7) is 6.55. The minimum Gasteiger partial charge on any atom is -0.455 e. The molecule has 0 aromatic rings. The van der Waals surface area contributed by atoms with Gasteiger partial charge in [0.1, 0.15) is 6.10 Å². The van der Waals surface area contributed by atoms with Gasteiger partial charge >= 0.3 is 5.97 Å². The number of carbonyl (C=O) groups is 2. The molecule has 4 nitrogen and oxygen atoms in total. The van der Waals surface area contributed by atoms with E-state index in [-0.39, 0.29) is 18.0 Å². The van der Waals surface area contributed by atoms with E-state index in [1.54, 1.807) is 17.9 Å². The van der Waals surface area contributed by atoms with Gasteiger partial charge in [-0.2, -0.15) is 0 Å². The van der Waals surface area contributed by atoms with Gasteiger partial charge in [-0.1, -0.05) is 18.2 Å². The van der Waals surface area contributed by atoms with Crippen molar-refractivity contribution in [1.29, 1.82) is 0 Å². The van der Waals surface area contributed by atoms with Gasteiger partial charge in [-0.05, 0) is 31.9 Å². The number of allylic oxidation sites excluding steroid dienone is 1. The molecule has 0 saturated heterocycles. The highest BCUT2D eigenvalue weighted by Gasteiger charge is 2.13. The summed E-state index contributed by atoms with van der Waals surface area (Å²) >= 11 is 0. The van der Waals surface area contributed by atoms with Crippen LogP contribution in [0.25, 0.3) is 0 Å². The molecular weight excluding hydrogens is 242 g/mol. The lowest BCUT2D eigenvalue weighted by atomic mass is 10.1. The Kier molecular flexibility index (Phi) is 6.06. The number of nitrogens with zero attached hydrogens (tertiary/aromatic N) is 1. The quantitative estimate of drug-likeness (QED) is 0.444. The molecule has 1 atom stereocenters. The number of esters is 1. The summed E-state index contributed by atoms with van der Waals surface area (Å²) < 4.78 is 5.14. The molecule has 0 aliphatic carbocycles. The first-order valence-electron chi connectivity index (χ1n) is 6.49.